The van der Waals surface area contributed by atoms with E-state index in [1.54, 1.807) is 18.1 Å². The van der Waals surface area contributed by atoms with Gasteiger partial charge in [0.15, 0.2) is 5.69 Å². The van der Waals surface area contributed by atoms with Crippen LogP contribution < -0.4 is 4.74 Å². The van der Waals surface area contributed by atoms with Crippen molar-refractivity contribution in [2.24, 2.45) is 0 Å². The quantitative estimate of drug-likeness (QED) is 0.601. The van der Waals surface area contributed by atoms with Gasteiger partial charge >= 0.3 is 5.97 Å². The molecule has 3 heterocycles. The Bertz CT molecular complexity index is 941. The van der Waals surface area contributed by atoms with Crippen LogP contribution >= 0.6 is 0 Å². The number of benzene rings is 1. The van der Waals surface area contributed by atoms with Gasteiger partial charge in [-0.05, 0) is 19.1 Å². The number of nitrogens with zero attached hydrogens (tertiary/aromatic N) is 5. The monoisotopic (exact) mass is 311 g/mol. The Morgan fingerprint density at radius 2 is 2.13 bits per heavy atom. The van der Waals surface area contributed by atoms with Gasteiger partial charge in [0.05, 0.1) is 41.9 Å². The summed E-state index contributed by atoms with van der Waals surface area (Å²) < 4.78 is 8.79. The topological polar surface area (TPSA) is 95.1 Å². The third kappa shape index (κ3) is 1.84. The molecule has 0 spiro atoms. The maximum Gasteiger partial charge on any atom is 0.358 e. The lowest BCUT2D eigenvalue weighted by Gasteiger charge is -2.11. The highest BCUT2D eigenvalue weighted by Gasteiger charge is 2.27. The van der Waals surface area contributed by atoms with Gasteiger partial charge in [-0.3, -0.25) is 0 Å². The molecule has 4 rings (SSSR count). The first kappa shape index (κ1) is 13.5. The first-order valence-corrected chi connectivity index (χ1v) is 6.99. The van der Waals surface area contributed by atoms with Crippen molar-refractivity contribution in [1.82, 2.24) is 24.5 Å². The second-order valence-electron chi connectivity index (χ2n) is 5.28. The van der Waals surface area contributed by atoms with Crippen molar-refractivity contribution in [3.05, 3.63) is 47.3 Å². The molecule has 0 bridgehead atoms. The SMILES string of the molecule is COc1ccc2c(c1)-n1nnc(C(=O)O)c1Cc1c(C)ncn1-2. The second kappa shape index (κ2) is 4.67. The molecule has 0 radical (unpaired) electrons. The first-order chi connectivity index (χ1) is 11.1. The van der Waals surface area contributed by atoms with Crippen molar-refractivity contribution in [2.45, 2.75) is 13.3 Å². The normalized spacial score (nSPS) is 12.1. The predicted octanol–water partition coefficient (Wildman–Crippen LogP) is 1.37. The molecule has 1 aliphatic rings. The molecule has 1 aromatic carbocycles. The molecule has 0 aliphatic carbocycles. The van der Waals surface area contributed by atoms with Crippen LogP contribution in [0.3, 0.4) is 0 Å². The van der Waals surface area contributed by atoms with Gasteiger partial charge in [-0.25, -0.2) is 14.5 Å². The third-order valence-corrected chi connectivity index (χ3v) is 4.05. The van der Waals surface area contributed by atoms with Gasteiger partial charge in [-0.2, -0.15) is 0 Å². The zero-order chi connectivity index (χ0) is 16.1. The third-order valence-electron chi connectivity index (χ3n) is 4.05. The molecule has 8 heteroatoms. The number of hydrogen-bond donors (Lipinski definition) is 1. The van der Waals surface area contributed by atoms with Crippen molar-refractivity contribution in [3.63, 3.8) is 0 Å². The van der Waals surface area contributed by atoms with Crippen LogP contribution in [0.1, 0.15) is 27.6 Å². The molecule has 8 nitrogen and oxygen atoms in total. The summed E-state index contributed by atoms with van der Waals surface area (Å²) in [5, 5.41) is 17.2. The van der Waals surface area contributed by atoms with Gasteiger partial charge in [-0.1, -0.05) is 5.21 Å². The maximum atomic E-state index is 11.5. The smallest absolute Gasteiger partial charge is 0.358 e. The van der Waals surface area contributed by atoms with Crippen LogP contribution in [0.25, 0.3) is 11.4 Å². The lowest BCUT2D eigenvalue weighted by molar-refractivity contribution is 0.0689. The van der Waals surface area contributed by atoms with Gasteiger partial charge in [0.2, 0.25) is 0 Å². The Balaban J connectivity index is 2.08. The van der Waals surface area contributed by atoms with E-state index < -0.39 is 5.97 Å². The maximum absolute atomic E-state index is 11.5. The van der Waals surface area contributed by atoms with Crippen LogP contribution in [0.4, 0.5) is 0 Å². The van der Waals surface area contributed by atoms with Gasteiger partial charge in [0.1, 0.15) is 5.75 Å². The van der Waals surface area contributed by atoms with Crippen LogP contribution in [0.2, 0.25) is 0 Å². The highest BCUT2D eigenvalue weighted by Crippen LogP contribution is 2.32. The average Bonchev–Trinajstić information content (AvgIpc) is 3.09. The fraction of sp³-hybridized carbons (Fsp3) is 0.200. The number of aryl methyl sites for hydroxylation is 1. The Labute approximate surface area is 131 Å². The molecule has 3 aromatic rings. The van der Waals surface area contributed by atoms with E-state index in [1.165, 1.54) is 0 Å². The Hall–Kier alpha value is -3.16. The Morgan fingerprint density at radius 3 is 2.87 bits per heavy atom. The number of rotatable bonds is 2. The van der Waals surface area contributed by atoms with Gasteiger partial charge < -0.3 is 14.4 Å². The molecule has 116 valence electrons. The standard InChI is InChI=1S/C15H13N5O3/c1-8-11-6-13-14(15(21)22)17-18-20(13)12-5-9(23-2)3-4-10(12)19(11)7-16-8/h3-5,7H,6H2,1-2H3,(H,21,22). The summed E-state index contributed by atoms with van der Waals surface area (Å²) >= 11 is 0. The summed E-state index contributed by atoms with van der Waals surface area (Å²) in [5.41, 5.74) is 3.79. The van der Waals surface area contributed by atoms with Crippen LogP contribution in [-0.4, -0.2) is 42.7 Å². The van der Waals surface area contributed by atoms with E-state index in [2.05, 4.69) is 15.3 Å². The summed E-state index contributed by atoms with van der Waals surface area (Å²) in [4.78, 5) is 15.8. The summed E-state index contributed by atoms with van der Waals surface area (Å²) in [6.45, 7) is 1.90. The molecular formula is C15H13N5O3. The highest BCUT2D eigenvalue weighted by molar-refractivity contribution is 5.87. The minimum atomic E-state index is -1.10. The number of carboxylic acids is 1. The lowest BCUT2D eigenvalue weighted by Crippen LogP contribution is -2.07. The zero-order valence-corrected chi connectivity index (χ0v) is 12.5. The van der Waals surface area contributed by atoms with E-state index in [0.29, 0.717) is 23.6 Å². The summed E-state index contributed by atoms with van der Waals surface area (Å²) in [7, 11) is 1.58. The molecule has 0 unspecified atom stereocenters. The number of ether oxygens (including phenoxy) is 1. The lowest BCUT2D eigenvalue weighted by atomic mass is 10.1. The fourth-order valence-electron chi connectivity index (χ4n) is 2.87. The summed E-state index contributed by atoms with van der Waals surface area (Å²) in [5.74, 6) is -0.441. The van der Waals surface area contributed by atoms with Crippen LogP contribution in [0.5, 0.6) is 5.75 Å². The first-order valence-electron chi connectivity index (χ1n) is 6.99. The predicted molar refractivity (Wildman–Crippen MR) is 79.5 cm³/mol. The van der Waals surface area contributed by atoms with Crippen LogP contribution in [0.15, 0.2) is 24.5 Å². The second-order valence-corrected chi connectivity index (χ2v) is 5.28. The molecule has 1 aliphatic heterocycles. The molecule has 0 atom stereocenters. The number of aromatic nitrogens is 5. The minimum Gasteiger partial charge on any atom is -0.497 e. The van der Waals surface area contributed by atoms with E-state index in [0.717, 1.165) is 17.1 Å². The Kier molecular flexibility index (Phi) is 2.74. The number of imidazole rings is 1. The van der Waals surface area contributed by atoms with Gasteiger partial charge in [0, 0.05) is 12.5 Å². The number of aromatic carboxylic acids is 1. The highest BCUT2D eigenvalue weighted by atomic mass is 16.5. The van der Waals surface area contributed by atoms with Gasteiger partial charge in [0.25, 0.3) is 0 Å². The van der Waals surface area contributed by atoms with Crippen molar-refractivity contribution < 1.29 is 14.6 Å². The number of hydrogen-bond acceptors (Lipinski definition) is 5. The fourth-order valence-corrected chi connectivity index (χ4v) is 2.87. The van der Waals surface area contributed by atoms with Crippen molar-refractivity contribution in [2.75, 3.05) is 7.11 Å². The van der Waals surface area contributed by atoms with E-state index in [9.17, 15) is 9.90 Å². The van der Waals surface area contributed by atoms with E-state index >= 15 is 0 Å². The molecule has 0 fully saturated rings. The average molecular weight is 311 g/mol. The molecule has 0 saturated heterocycles. The van der Waals surface area contributed by atoms with Crippen LogP contribution in [0, 0.1) is 6.92 Å². The van der Waals surface area contributed by atoms with Gasteiger partial charge in [-0.15, -0.1) is 5.10 Å². The summed E-state index contributed by atoms with van der Waals surface area (Å²) in [6.07, 6.45) is 2.12. The van der Waals surface area contributed by atoms with E-state index in [1.807, 2.05) is 29.7 Å². The van der Waals surface area contributed by atoms with Crippen molar-refractivity contribution in [1.29, 1.82) is 0 Å². The molecular weight excluding hydrogens is 298 g/mol. The Morgan fingerprint density at radius 1 is 1.30 bits per heavy atom. The molecule has 1 N–H and O–H groups in total. The van der Waals surface area contributed by atoms with E-state index in [-0.39, 0.29) is 5.69 Å². The molecule has 2 aromatic heterocycles. The zero-order valence-electron chi connectivity index (χ0n) is 12.5. The molecule has 0 amide bonds. The number of methoxy groups -OCH3 is 1. The molecule has 23 heavy (non-hydrogen) atoms. The van der Waals surface area contributed by atoms with Crippen molar-refractivity contribution in [3.8, 4) is 17.1 Å². The number of carboxylic acid groups (broad SMARTS) is 1. The largest absolute Gasteiger partial charge is 0.497 e. The number of carbonyl (C=O) groups is 1. The van der Waals surface area contributed by atoms with Crippen molar-refractivity contribution >= 4 is 5.97 Å². The molecule has 0 saturated carbocycles. The number of fused-ring (bicyclic) bond motifs is 5. The van der Waals surface area contributed by atoms with Crippen LogP contribution in [-0.2, 0) is 6.42 Å². The minimum absolute atomic E-state index is 0.0483. The summed E-state index contributed by atoms with van der Waals surface area (Å²) in [6, 6.07) is 5.55. The van der Waals surface area contributed by atoms with E-state index in [4.69, 9.17) is 4.74 Å².